The number of amides is 3. The molecule has 39 heavy (non-hydrogen) atoms. The van der Waals surface area contributed by atoms with Crippen molar-refractivity contribution in [2.24, 2.45) is 5.92 Å². The number of hydrogen-bond acceptors (Lipinski definition) is 5. The van der Waals surface area contributed by atoms with Crippen LogP contribution in [0.5, 0.6) is 0 Å². The van der Waals surface area contributed by atoms with Crippen LogP contribution in [0.1, 0.15) is 51.2 Å². The van der Waals surface area contributed by atoms with Crippen molar-refractivity contribution >= 4 is 35.2 Å². The summed E-state index contributed by atoms with van der Waals surface area (Å²) in [5.74, 6) is -0.199. The highest BCUT2D eigenvalue weighted by Crippen LogP contribution is 2.43. The van der Waals surface area contributed by atoms with E-state index in [1.165, 1.54) is 0 Å². The summed E-state index contributed by atoms with van der Waals surface area (Å²) >= 11 is 6.63. The van der Waals surface area contributed by atoms with Gasteiger partial charge in [0.15, 0.2) is 0 Å². The number of fused-ring (bicyclic) bond motifs is 3. The van der Waals surface area contributed by atoms with E-state index in [1.807, 2.05) is 36.4 Å². The second-order valence-corrected chi connectivity index (χ2v) is 12.1. The number of rotatable bonds is 5. The lowest BCUT2D eigenvalue weighted by Gasteiger charge is -2.35. The number of likely N-dealkylation sites (tertiary alicyclic amines) is 1. The van der Waals surface area contributed by atoms with Crippen molar-refractivity contribution in [1.29, 1.82) is 5.26 Å². The molecule has 5 rings (SSSR count). The molecule has 8 nitrogen and oxygen atoms in total. The predicted octanol–water partition coefficient (Wildman–Crippen LogP) is 4.86. The average molecular weight is 549 g/mol. The van der Waals surface area contributed by atoms with Crippen LogP contribution < -0.4 is 10.2 Å². The van der Waals surface area contributed by atoms with Crippen molar-refractivity contribution in [2.75, 3.05) is 11.9 Å². The summed E-state index contributed by atoms with van der Waals surface area (Å²) in [5.41, 5.74) is 3.80. The van der Waals surface area contributed by atoms with Gasteiger partial charge in [-0.3, -0.25) is 14.5 Å². The van der Waals surface area contributed by atoms with E-state index in [-0.39, 0.29) is 30.2 Å². The Morgan fingerprint density at radius 3 is 2.59 bits per heavy atom. The third-order valence-electron chi connectivity index (χ3n) is 7.90. The summed E-state index contributed by atoms with van der Waals surface area (Å²) in [7, 11) is 1.77. The standard InChI is InChI=1S/C30H33ClN4O4/c1-30(2,3)39-29(38)35-23-10-9-21(12-23)27(35)28(37)33-22(16-32)11-19-7-5-17(13-24(19)31)18-6-8-20-15-26(36)34(4)25(20)14-18/h5-8,13-14,21-23,27H,9-12,15H2,1-4H3,(H,33,37). The van der Waals surface area contributed by atoms with E-state index in [0.29, 0.717) is 11.4 Å². The van der Waals surface area contributed by atoms with Gasteiger partial charge < -0.3 is 15.0 Å². The number of nitrogens with zero attached hydrogens (tertiary/aromatic N) is 3. The average Bonchev–Trinajstić information content (AvgIpc) is 3.57. The normalized spacial score (nSPS) is 22.5. The zero-order valence-corrected chi connectivity index (χ0v) is 23.4. The number of benzene rings is 2. The van der Waals surface area contributed by atoms with Crippen LogP contribution in [-0.2, 0) is 27.2 Å². The third kappa shape index (κ3) is 5.33. The highest BCUT2D eigenvalue weighted by atomic mass is 35.5. The van der Waals surface area contributed by atoms with Crippen LogP contribution >= 0.6 is 11.6 Å². The van der Waals surface area contributed by atoms with Crippen molar-refractivity contribution in [1.82, 2.24) is 10.2 Å². The summed E-state index contributed by atoms with van der Waals surface area (Å²) < 4.78 is 5.59. The summed E-state index contributed by atoms with van der Waals surface area (Å²) in [6.07, 6.45) is 2.66. The summed E-state index contributed by atoms with van der Waals surface area (Å²) in [6, 6.07) is 12.3. The van der Waals surface area contributed by atoms with Crippen LogP contribution in [0.3, 0.4) is 0 Å². The molecule has 2 aliphatic heterocycles. The summed E-state index contributed by atoms with van der Waals surface area (Å²) in [4.78, 5) is 41.6. The first-order valence-corrected chi connectivity index (χ1v) is 13.7. The molecule has 0 spiro atoms. The first-order valence-electron chi connectivity index (χ1n) is 13.3. The SMILES string of the molecule is CN1C(=O)Cc2ccc(-c3ccc(CC(C#N)NC(=O)C4C5CCC(C5)N4C(=O)OC(C)(C)C)c(Cl)c3)cc21. The molecule has 2 fully saturated rings. The topological polar surface area (TPSA) is 103 Å². The molecule has 3 amide bonds. The quantitative estimate of drug-likeness (QED) is 0.574. The van der Waals surface area contributed by atoms with Gasteiger partial charge in [0.25, 0.3) is 0 Å². The lowest BCUT2D eigenvalue weighted by Crippen LogP contribution is -2.55. The van der Waals surface area contributed by atoms with Crippen LogP contribution in [-0.4, -0.2) is 53.6 Å². The fraction of sp³-hybridized carbons (Fsp3) is 0.467. The van der Waals surface area contributed by atoms with E-state index in [1.54, 1.807) is 37.6 Å². The Morgan fingerprint density at radius 2 is 1.90 bits per heavy atom. The van der Waals surface area contributed by atoms with Crippen molar-refractivity contribution in [3.63, 3.8) is 0 Å². The molecule has 0 radical (unpaired) electrons. The number of nitrogens with one attached hydrogen (secondary N) is 1. The number of likely N-dealkylation sites (N-methyl/N-ethyl adjacent to an activating group) is 1. The van der Waals surface area contributed by atoms with E-state index in [4.69, 9.17) is 16.3 Å². The van der Waals surface area contributed by atoms with E-state index in [2.05, 4.69) is 11.4 Å². The van der Waals surface area contributed by atoms with Gasteiger partial charge in [-0.15, -0.1) is 0 Å². The third-order valence-corrected chi connectivity index (χ3v) is 8.26. The van der Waals surface area contributed by atoms with E-state index in [9.17, 15) is 19.6 Å². The molecule has 204 valence electrons. The number of anilines is 1. The maximum absolute atomic E-state index is 13.4. The Balaban J connectivity index is 1.28. The van der Waals surface area contributed by atoms with Crippen molar-refractivity contribution in [2.45, 2.75) is 76.6 Å². The number of ether oxygens (including phenoxy) is 1. The lowest BCUT2D eigenvalue weighted by atomic mass is 9.96. The molecule has 1 saturated heterocycles. The minimum absolute atomic E-state index is 0.0137. The minimum atomic E-state index is -0.805. The van der Waals surface area contributed by atoms with Gasteiger partial charge in [-0.1, -0.05) is 35.9 Å². The Morgan fingerprint density at radius 1 is 1.18 bits per heavy atom. The first-order chi connectivity index (χ1) is 18.4. The Kier molecular flexibility index (Phi) is 7.06. The van der Waals surface area contributed by atoms with Crippen molar-refractivity contribution in [3.8, 4) is 17.2 Å². The second-order valence-electron chi connectivity index (χ2n) is 11.7. The minimum Gasteiger partial charge on any atom is -0.444 e. The molecule has 2 aromatic carbocycles. The molecular weight excluding hydrogens is 516 g/mol. The highest BCUT2D eigenvalue weighted by Gasteiger charge is 2.52. The molecule has 1 aliphatic carbocycles. The molecule has 0 aromatic heterocycles. The first kappa shape index (κ1) is 27.0. The summed E-state index contributed by atoms with van der Waals surface area (Å²) in [5, 5.41) is 13.2. The fourth-order valence-corrected chi connectivity index (χ4v) is 6.28. The van der Waals surface area contributed by atoms with Gasteiger partial charge in [0.1, 0.15) is 17.7 Å². The molecule has 9 heteroatoms. The van der Waals surface area contributed by atoms with Gasteiger partial charge >= 0.3 is 6.09 Å². The van der Waals surface area contributed by atoms with Gasteiger partial charge in [0.05, 0.1) is 12.5 Å². The number of hydrogen-bond donors (Lipinski definition) is 1. The zero-order chi connectivity index (χ0) is 28.1. The number of nitriles is 1. The smallest absolute Gasteiger partial charge is 0.411 e. The molecule has 1 saturated carbocycles. The Labute approximate surface area is 233 Å². The van der Waals surface area contributed by atoms with Crippen molar-refractivity contribution < 1.29 is 19.1 Å². The molecule has 3 aliphatic rings. The van der Waals surface area contributed by atoms with Crippen LogP contribution in [0.15, 0.2) is 36.4 Å². The van der Waals surface area contributed by atoms with Gasteiger partial charge in [-0.2, -0.15) is 5.26 Å². The summed E-state index contributed by atoms with van der Waals surface area (Å²) in [6.45, 7) is 5.41. The largest absolute Gasteiger partial charge is 0.444 e. The number of piperidine rings is 1. The second kappa shape index (κ2) is 10.2. The van der Waals surface area contributed by atoms with Crippen LogP contribution in [0.25, 0.3) is 11.1 Å². The molecule has 4 atom stereocenters. The monoisotopic (exact) mass is 548 g/mol. The van der Waals surface area contributed by atoms with E-state index in [0.717, 1.165) is 47.2 Å². The molecule has 2 bridgehead atoms. The fourth-order valence-electron chi connectivity index (χ4n) is 6.02. The van der Waals surface area contributed by atoms with Gasteiger partial charge in [-0.05, 0) is 80.3 Å². The van der Waals surface area contributed by atoms with Gasteiger partial charge in [0, 0.05) is 30.2 Å². The molecular formula is C30H33ClN4O4. The number of carbonyl (C=O) groups excluding carboxylic acids is 3. The van der Waals surface area contributed by atoms with Crippen molar-refractivity contribution in [3.05, 3.63) is 52.5 Å². The van der Waals surface area contributed by atoms with Crippen LogP contribution in [0.4, 0.5) is 10.5 Å². The maximum atomic E-state index is 13.4. The molecule has 2 aromatic rings. The zero-order valence-electron chi connectivity index (χ0n) is 22.7. The lowest BCUT2D eigenvalue weighted by molar-refractivity contribution is -0.128. The Bertz CT molecular complexity index is 1380. The van der Waals surface area contributed by atoms with E-state index >= 15 is 0 Å². The van der Waals surface area contributed by atoms with Gasteiger partial charge in [-0.25, -0.2) is 4.79 Å². The van der Waals surface area contributed by atoms with Crippen LogP contribution in [0.2, 0.25) is 5.02 Å². The van der Waals surface area contributed by atoms with Gasteiger partial charge in [0.2, 0.25) is 11.8 Å². The van der Waals surface area contributed by atoms with Crippen LogP contribution in [0, 0.1) is 17.2 Å². The number of carbonyl (C=O) groups is 3. The molecule has 2 heterocycles. The molecule has 1 N–H and O–H groups in total. The van der Waals surface area contributed by atoms with E-state index < -0.39 is 23.8 Å². The molecule has 4 unspecified atom stereocenters. The Hall–Kier alpha value is -3.57. The number of halogens is 1. The maximum Gasteiger partial charge on any atom is 0.411 e. The highest BCUT2D eigenvalue weighted by molar-refractivity contribution is 6.31. The predicted molar refractivity (Wildman–Crippen MR) is 148 cm³/mol.